The van der Waals surface area contributed by atoms with Gasteiger partial charge in [-0.25, -0.2) is 8.78 Å². The van der Waals surface area contributed by atoms with Crippen LogP contribution in [0.25, 0.3) is 0 Å². The van der Waals surface area contributed by atoms with Crippen molar-refractivity contribution in [3.63, 3.8) is 0 Å². The molecule has 3 amide bonds. The first-order valence-corrected chi connectivity index (χ1v) is 10.5. The van der Waals surface area contributed by atoms with E-state index in [0.717, 1.165) is 34.4 Å². The number of carbonyl (C=O) groups excluding carboxylic acids is 3. The molecule has 0 aliphatic carbocycles. The predicted octanol–water partition coefficient (Wildman–Crippen LogP) is 4.54. The highest BCUT2D eigenvalue weighted by Crippen LogP contribution is 2.31. The van der Waals surface area contributed by atoms with Crippen LogP contribution < -0.4 is 11.1 Å². The van der Waals surface area contributed by atoms with Crippen molar-refractivity contribution in [2.75, 3.05) is 12.4 Å². The summed E-state index contributed by atoms with van der Waals surface area (Å²) in [7, 11) is 1.39. The number of nitrogens with one attached hydrogen (secondary N) is 1. The molecule has 6 nitrogen and oxygen atoms in total. The third-order valence-electron chi connectivity index (χ3n) is 4.67. The zero-order chi connectivity index (χ0) is 23.6. The summed E-state index contributed by atoms with van der Waals surface area (Å²) in [5, 5.41) is 2.93. The number of hydrogen-bond donors (Lipinski definition) is 2. The largest absolute Gasteiger partial charge is 0.368 e. The fourth-order valence-corrected chi connectivity index (χ4v) is 4.45. The lowest BCUT2D eigenvalue weighted by Gasteiger charge is -2.26. The van der Waals surface area contributed by atoms with E-state index in [1.165, 1.54) is 31.3 Å². The zero-order valence-electron chi connectivity index (χ0n) is 17.0. The summed E-state index contributed by atoms with van der Waals surface area (Å²) in [6, 6.07) is 9.07. The highest BCUT2D eigenvalue weighted by Gasteiger charge is 2.29. The second kappa shape index (κ2) is 9.46. The molecule has 0 saturated heterocycles. The number of hydrogen-bond acceptors (Lipinski definition) is 4. The topological polar surface area (TPSA) is 92.5 Å². The number of anilines is 1. The Balaban J connectivity index is 1.84. The molecule has 3 rings (SSSR count). The van der Waals surface area contributed by atoms with Gasteiger partial charge in [-0.2, -0.15) is 0 Å². The lowest BCUT2D eigenvalue weighted by molar-refractivity contribution is -0.122. The molecule has 1 aromatic heterocycles. The minimum absolute atomic E-state index is 0.0498. The number of thiophene rings is 1. The van der Waals surface area contributed by atoms with Gasteiger partial charge in [0.2, 0.25) is 5.91 Å². The minimum Gasteiger partial charge on any atom is -0.368 e. The Labute approximate surface area is 191 Å². The van der Waals surface area contributed by atoms with E-state index in [2.05, 4.69) is 5.32 Å². The molecule has 2 aromatic carbocycles. The number of carbonyl (C=O) groups is 3. The van der Waals surface area contributed by atoms with Crippen LogP contribution in [0.2, 0.25) is 5.02 Å². The Hall–Kier alpha value is -3.30. The summed E-state index contributed by atoms with van der Waals surface area (Å²) in [6.07, 6.45) is 0. The smallest absolute Gasteiger partial charge is 0.264 e. The fourth-order valence-electron chi connectivity index (χ4n) is 3.14. The summed E-state index contributed by atoms with van der Waals surface area (Å²) >= 11 is 6.91. The van der Waals surface area contributed by atoms with Crippen molar-refractivity contribution in [3.05, 3.63) is 86.8 Å². The van der Waals surface area contributed by atoms with Gasteiger partial charge in [0.1, 0.15) is 17.7 Å². The van der Waals surface area contributed by atoms with E-state index in [4.69, 9.17) is 17.3 Å². The van der Waals surface area contributed by atoms with Crippen LogP contribution in [0.5, 0.6) is 0 Å². The average Bonchev–Trinajstić information content (AvgIpc) is 3.07. The highest BCUT2D eigenvalue weighted by atomic mass is 35.5. The Morgan fingerprint density at radius 1 is 1.09 bits per heavy atom. The normalized spacial score (nSPS) is 11.7. The molecule has 1 unspecified atom stereocenters. The molecule has 0 spiro atoms. The monoisotopic (exact) mass is 477 g/mol. The van der Waals surface area contributed by atoms with Crippen molar-refractivity contribution < 1.29 is 23.2 Å². The van der Waals surface area contributed by atoms with Crippen LogP contribution in [-0.2, 0) is 4.79 Å². The van der Waals surface area contributed by atoms with Crippen LogP contribution in [0.3, 0.4) is 0 Å². The van der Waals surface area contributed by atoms with Gasteiger partial charge in [-0.3, -0.25) is 14.4 Å². The first-order chi connectivity index (χ1) is 15.1. The van der Waals surface area contributed by atoms with Crippen molar-refractivity contribution >= 4 is 45.7 Å². The van der Waals surface area contributed by atoms with Crippen molar-refractivity contribution in [2.24, 2.45) is 5.73 Å². The van der Waals surface area contributed by atoms with E-state index in [0.29, 0.717) is 10.6 Å². The van der Waals surface area contributed by atoms with Gasteiger partial charge in [-0.15, -0.1) is 11.3 Å². The number of aryl methyl sites for hydroxylation is 1. The molecule has 0 fully saturated rings. The summed E-state index contributed by atoms with van der Waals surface area (Å²) in [5.74, 6) is -3.05. The Morgan fingerprint density at radius 3 is 2.41 bits per heavy atom. The molecule has 1 atom stereocenters. The molecule has 3 N–H and O–H groups in total. The van der Waals surface area contributed by atoms with E-state index >= 15 is 0 Å². The summed E-state index contributed by atoms with van der Waals surface area (Å²) < 4.78 is 26.8. The van der Waals surface area contributed by atoms with Gasteiger partial charge in [0.05, 0.1) is 20.5 Å². The van der Waals surface area contributed by atoms with E-state index in [1.54, 1.807) is 13.0 Å². The van der Waals surface area contributed by atoms with Gasteiger partial charge in [0.25, 0.3) is 11.8 Å². The maximum atomic E-state index is 13.6. The number of primary amides is 1. The maximum absolute atomic E-state index is 13.6. The summed E-state index contributed by atoms with van der Waals surface area (Å²) in [6.45, 7) is 1.67. The van der Waals surface area contributed by atoms with Gasteiger partial charge < -0.3 is 16.0 Å². The number of halogens is 3. The molecular formula is C22H18ClF2N3O3S. The van der Waals surface area contributed by atoms with Crippen LogP contribution in [0.1, 0.15) is 37.2 Å². The Morgan fingerprint density at radius 2 is 1.78 bits per heavy atom. The minimum atomic E-state index is -1.18. The van der Waals surface area contributed by atoms with Gasteiger partial charge in [-0.05, 0) is 54.4 Å². The maximum Gasteiger partial charge on any atom is 0.264 e. The zero-order valence-corrected chi connectivity index (χ0v) is 18.6. The predicted molar refractivity (Wildman–Crippen MR) is 119 cm³/mol. The van der Waals surface area contributed by atoms with Crippen LogP contribution in [-0.4, -0.2) is 29.7 Å². The first-order valence-electron chi connectivity index (χ1n) is 9.27. The van der Waals surface area contributed by atoms with Crippen molar-refractivity contribution in [3.8, 4) is 0 Å². The van der Waals surface area contributed by atoms with Crippen molar-refractivity contribution in [1.29, 1.82) is 0 Å². The highest BCUT2D eigenvalue weighted by molar-refractivity contribution is 7.18. The van der Waals surface area contributed by atoms with Gasteiger partial charge in [0, 0.05) is 7.05 Å². The van der Waals surface area contributed by atoms with Crippen LogP contribution >= 0.6 is 22.9 Å². The number of rotatable bonds is 6. The molecular weight excluding hydrogens is 460 g/mol. The number of likely N-dealkylation sites (N-methyl/N-ethyl adjacent to an activating group) is 1. The standard InChI is InChI=1S/C22H18ClF2N3O3S/c1-11-8-17(27-21(30)15-7-6-14(25)10-16(15)23)32-19(11)22(31)28(2)18(20(26)29)12-4-3-5-13(24)9-12/h3-10,18H,1-2H3,(H2,26,29)(H,27,30). The first kappa shape index (κ1) is 23.4. The number of nitrogens with zero attached hydrogens (tertiary/aromatic N) is 1. The SMILES string of the molecule is Cc1cc(NC(=O)c2ccc(F)cc2Cl)sc1C(=O)N(C)C(C(N)=O)c1cccc(F)c1. The third-order valence-corrected chi connectivity index (χ3v) is 6.12. The van der Waals surface area contributed by atoms with Crippen LogP contribution in [0.15, 0.2) is 48.5 Å². The molecule has 166 valence electrons. The second-order valence-corrected chi connectivity index (χ2v) is 8.44. The molecule has 0 saturated carbocycles. The Bertz CT molecular complexity index is 1210. The van der Waals surface area contributed by atoms with Gasteiger partial charge >= 0.3 is 0 Å². The number of benzene rings is 2. The average molecular weight is 478 g/mol. The molecule has 32 heavy (non-hydrogen) atoms. The summed E-state index contributed by atoms with van der Waals surface area (Å²) in [4.78, 5) is 39.0. The number of nitrogens with two attached hydrogens (primary N) is 1. The molecule has 3 aromatic rings. The van der Waals surface area contributed by atoms with Crippen LogP contribution in [0, 0.1) is 18.6 Å². The quantitative estimate of drug-likeness (QED) is 0.546. The third kappa shape index (κ3) is 4.95. The number of amides is 3. The lowest BCUT2D eigenvalue weighted by atomic mass is 10.0. The molecule has 1 heterocycles. The molecule has 0 radical (unpaired) electrons. The van der Waals surface area contributed by atoms with Crippen molar-refractivity contribution in [2.45, 2.75) is 13.0 Å². The Kier molecular flexibility index (Phi) is 6.90. The van der Waals surface area contributed by atoms with E-state index in [1.807, 2.05) is 0 Å². The molecule has 0 bridgehead atoms. The molecule has 0 aliphatic heterocycles. The molecule has 10 heteroatoms. The molecule has 0 aliphatic rings. The van der Waals surface area contributed by atoms with E-state index in [9.17, 15) is 23.2 Å². The van der Waals surface area contributed by atoms with Crippen LogP contribution in [0.4, 0.5) is 13.8 Å². The lowest BCUT2D eigenvalue weighted by Crippen LogP contribution is -2.39. The van der Waals surface area contributed by atoms with E-state index < -0.39 is 35.4 Å². The van der Waals surface area contributed by atoms with E-state index in [-0.39, 0.29) is 21.0 Å². The second-order valence-electron chi connectivity index (χ2n) is 6.98. The fraction of sp³-hybridized carbons (Fsp3) is 0.136. The summed E-state index contributed by atoms with van der Waals surface area (Å²) in [5.41, 5.74) is 6.35. The van der Waals surface area contributed by atoms with Gasteiger partial charge in [0.15, 0.2) is 0 Å². The van der Waals surface area contributed by atoms with Crippen molar-refractivity contribution in [1.82, 2.24) is 4.90 Å². The van der Waals surface area contributed by atoms with Gasteiger partial charge in [-0.1, -0.05) is 23.7 Å².